The van der Waals surface area contributed by atoms with E-state index in [-0.39, 0.29) is 29.8 Å². The first-order chi connectivity index (χ1) is 15.3. The zero-order valence-corrected chi connectivity index (χ0v) is 18.5. The molecule has 1 aromatic heterocycles. The smallest absolute Gasteiger partial charge is 0.307 e. The Labute approximate surface area is 189 Å². The summed E-state index contributed by atoms with van der Waals surface area (Å²) in [5.74, 6) is -0.624. The molecule has 32 heavy (non-hydrogen) atoms. The maximum Gasteiger partial charge on any atom is 0.307 e. The van der Waals surface area contributed by atoms with Crippen LogP contribution in [0.25, 0.3) is 0 Å². The molecule has 0 radical (unpaired) electrons. The number of likely N-dealkylation sites (N-methyl/N-ethyl adjacent to an activating group) is 1. The number of nitro groups is 1. The van der Waals surface area contributed by atoms with E-state index in [1.165, 1.54) is 13.3 Å². The van der Waals surface area contributed by atoms with Crippen LogP contribution in [0, 0.1) is 15.9 Å². The zero-order valence-electron chi connectivity index (χ0n) is 16.9. The molecule has 4 rings (SSSR count). The molecule has 0 aliphatic carbocycles. The maximum absolute atomic E-state index is 13.9. The molecule has 0 unspecified atom stereocenters. The first-order valence-corrected chi connectivity index (χ1v) is 10.0. The summed E-state index contributed by atoms with van der Waals surface area (Å²) in [6.07, 6.45) is 1.49. The summed E-state index contributed by atoms with van der Waals surface area (Å²) >= 11 is 3.42. The number of fused-ring (bicyclic) bond motifs is 1. The summed E-state index contributed by atoms with van der Waals surface area (Å²) in [6.45, 7) is 0.0495. The van der Waals surface area contributed by atoms with Gasteiger partial charge in [0.15, 0.2) is 5.82 Å². The molecule has 2 aromatic carbocycles. The molecule has 0 spiro atoms. The van der Waals surface area contributed by atoms with Crippen LogP contribution in [0.5, 0.6) is 5.75 Å². The van der Waals surface area contributed by atoms with Crippen LogP contribution < -0.4 is 19.9 Å². The van der Waals surface area contributed by atoms with Crippen LogP contribution in [0.15, 0.2) is 47.1 Å². The number of hydrogen-bond donors (Lipinski definition) is 1. The third-order valence-corrected chi connectivity index (χ3v) is 5.45. The van der Waals surface area contributed by atoms with Gasteiger partial charge in [0.2, 0.25) is 17.7 Å². The number of ether oxygens (including phenoxy) is 1. The molecule has 1 aliphatic heterocycles. The number of nitrogens with one attached hydrogen (secondary N) is 1. The number of para-hydroxylation sites is 2. The number of nitro benzene ring substituents is 1. The van der Waals surface area contributed by atoms with Crippen molar-refractivity contribution in [1.82, 2.24) is 9.97 Å². The highest BCUT2D eigenvalue weighted by molar-refractivity contribution is 9.10. The molecule has 3 aromatic rings. The highest BCUT2D eigenvalue weighted by atomic mass is 79.9. The van der Waals surface area contributed by atoms with Gasteiger partial charge in [-0.15, -0.1) is 0 Å². The van der Waals surface area contributed by atoms with Crippen LogP contribution in [-0.2, 0) is 4.79 Å². The van der Waals surface area contributed by atoms with E-state index in [1.54, 1.807) is 16.8 Å². The zero-order chi connectivity index (χ0) is 23.0. The lowest BCUT2D eigenvalue weighted by Gasteiger charge is -2.35. The topological polar surface area (TPSA) is 114 Å². The van der Waals surface area contributed by atoms with Crippen molar-refractivity contribution >= 4 is 56.4 Å². The minimum Gasteiger partial charge on any atom is -0.494 e. The Bertz CT molecular complexity index is 1240. The SMILES string of the molecule is COc1cc(F)c([N+](=O)[O-])cc1Nc1ncc(Br)c(N2CC(=O)N(C)c3ccccc32)n1. The fourth-order valence-electron chi connectivity index (χ4n) is 3.30. The molecular formula is C20H16BrFN6O4. The third kappa shape index (κ3) is 3.80. The second-order valence-electron chi connectivity index (χ2n) is 6.78. The Hall–Kier alpha value is -3.80. The van der Waals surface area contributed by atoms with Gasteiger partial charge in [0.05, 0.1) is 33.6 Å². The highest BCUT2D eigenvalue weighted by Crippen LogP contribution is 2.40. The summed E-state index contributed by atoms with van der Waals surface area (Å²) in [6, 6.07) is 9.31. The summed E-state index contributed by atoms with van der Waals surface area (Å²) in [7, 11) is 3.01. The third-order valence-electron chi connectivity index (χ3n) is 4.89. The standard InChI is InChI=1S/C20H16BrFN6O4/c1-26-14-5-3-4-6-15(14)27(10-18(26)29)19-11(21)9-23-20(25-19)24-13-8-16(28(30)31)12(22)7-17(13)32-2/h3-9H,10H2,1-2H3,(H,23,24,25). The van der Waals surface area contributed by atoms with Gasteiger partial charge in [0.1, 0.15) is 12.3 Å². The lowest BCUT2D eigenvalue weighted by molar-refractivity contribution is -0.387. The van der Waals surface area contributed by atoms with E-state index in [1.807, 2.05) is 24.3 Å². The van der Waals surface area contributed by atoms with Crippen LogP contribution in [-0.4, -0.2) is 41.5 Å². The molecule has 1 N–H and O–H groups in total. The Balaban J connectivity index is 1.76. The van der Waals surface area contributed by atoms with Crippen LogP contribution in [0.4, 0.5) is 38.9 Å². The molecule has 0 fully saturated rings. The normalized spacial score (nSPS) is 13.1. The predicted molar refractivity (Wildman–Crippen MR) is 119 cm³/mol. The molecule has 2 heterocycles. The average Bonchev–Trinajstić information content (AvgIpc) is 2.78. The van der Waals surface area contributed by atoms with E-state index in [0.29, 0.717) is 10.3 Å². The quantitative estimate of drug-likeness (QED) is 0.408. The number of amides is 1. The monoisotopic (exact) mass is 502 g/mol. The van der Waals surface area contributed by atoms with E-state index in [4.69, 9.17) is 4.74 Å². The van der Waals surface area contributed by atoms with E-state index >= 15 is 0 Å². The lowest BCUT2D eigenvalue weighted by atomic mass is 10.1. The maximum atomic E-state index is 13.9. The second-order valence-corrected chi connectivity index (χ2v) is 7.63. The van der Waals surface area contributed by atoms with Crippen molar-refractivity contribution in [2.75, 3.05) is 35.8 Å². The Morgan fingerprint density at radius 2 is 2.00 bits per heavy atom. The number of halogens is 2. The van der Waals surface area contributed by atoms with Crippen molar-refractivity contribution in [1.29, 1.82) is 0 Å². The summed E-state index contributed by atoms with van der Waals surface area (Å²) < 4.78 is 19.6. The molecular weight excluding hydrogens is 487 g/mol. The molecule has 0 atom stereocenters. The van der Waals surface area contributed by atoms with E-state index < -0.39 is 16.4 Å². The van der Waals surface area contributed by atoms with Gasteiger partial charge in [0, 0.05) is 25.4 Å². The van der Waals surface area contributed by atoms with E-state index in [0.717, 1.165) is 23.5 Å². The largest absolute Gasteiger partial charge is 0.494 e. The van der Waals surface area contributed by atoms with Crippen molar-refractivity contribution < 1.29 is 18.8 Å². The van der Waals surface area contributed by atoms with Crippen LogP contribution in [0.2, 0.25) is 0 Å². The van der Waals surface area contributed by atoms with Gasteiger partial charge in [-0.05, 0) is 28.1 Å². The number of hydrogen-bond acceptors (Lipinski definition) is 8. The number of aromatic nitrogens is 2. The minimum atomic E-state index is -1.03. The number of rotatable bonds is 5. The van der Waals surface area contributed by atoms with Gasteiger partial charge in [-0.3, -0.25) is 14.9 Å². The number of anilines is 5. The summed E-state index contributed by atoms with van der Waals surface area (Å²) in [4.78, 5) is 34.8. The molecule has 0 saturated heterocycles. The fourth-order valence-corrected chi connectivity index (χ4v) is 3.71. The van der Waals surface area contributed by atoms with Crippen LogP contribution in [0.3, 0.4) is 0 Å². The lowest BCUT2D eigenvalue weighted by Crippen LogP contribution is -2.42. The molecule has 1 amide bonds. The van der Waals surface area contributed by atoms with E-state index in [9.17, 15) is 19.3 Å². The summed E-state index contributed by atoms with van der Waals surface area (Å²) in [5.41, 5.74) is 0.891. The van der Waals surface area contributed by atoms with E-state index in [2.05, 4.69) is 31.2 Å². The second kappa shape index (κ2) is 8.38. The number of carbonyl (C=O) groups excluding carboxylic acids is 1. The van der Waals surface area contributed by atoms with Gasteiger partial charge in [0.25, 0.3) is 0 Å². The van der Waals surface area contributed by atoms with Crippen molar-refractivity contribution in [3.8, 4) is 5.75 Å². The van der Waals surface area contributed by atoms with Gasteiger partial charge in [-0.2, -0.15) is 9.37 Å². The van der Waals surface area contributed by atoms with Crippen molar-refractivity contribution in [3.63, 3.8) is 0 Å². The molecule has 164 valence electrons. The first-order valence-electron chi connectivity index (χ1n) is 9.24. The van der Waals surface area contributed by atoms with Crippen molar-refractivity contribution in [2.45, 2.75) is 0 Å². The molecule has 0 saturated carbocycles. The Kier molecular flexibility index (Phi) is 5.61. The number of carbonyl (C=O) groups is 1. The van der Waals surface area contributed by atoms with Crippen LogP contribution >= 0.6 is 15.9 Å². The molecule has 10 nitrogen and oxygen atoms in total. The fraction of sp³-hybridized carbons (Fsp3) is 0.150. The Morgan fingerprint density at radius 3 is 2.69 bits per heavy atom. The van der Waals surface area contributed by atoms with Crippen molar-refractivity contribution in [2.24, 2.45) is 0 Å². The number of nitrogens with zero attached hydrogens (tertiary/aromatic N) is 5. The van der Waals surface area contributed by atoms with Gasteiger partial charge < -0.3 is 19.9 Å². The predicted octanol–water partition coefficient (Wildman–Crippen LogP) is 4.15. The summed E-state index contributed by atoms with van der Waals surface area (Å²) in [5, 5.41) is 14.0. The van der Waals surface area contributed by atoms with Gasteiger partial charge in [-0.1, -0.05) is 12.1 Å². The van der Waals surface area contributed by atoms with Crippen molar-refractivity contribution in [3.05, 3.63) is 63.0 Å². The van der Waals surface area contributed by atoms with Gasteiger partial charge in [-0.25, -0.2) is 4.98 Å². The number of methoxy groups -OCH3 is 1. The van der Waals surface area contributed by atoms with Crippen LogP contribution in [0.1, 0.15) is 0 Å². The Morgan fingerprint density at radius 1 is 1.28 bits per heavy atom. The molecule has 1 aliphatic rings. The minimum absolute atomic E-state index is 0.0429. The molecule has 0 bridgehead atoms. The molecule has 12 heteroatoms. The highest BCUT2D eigenvalue weighted by Gasteiger charge is 2.29. The average molecular weight is 503 g/mol. The first kappa shape index (κ1) is 21.4. The number of benzene rings is 2. The van der Waals surface area contributed by atoms with Gasteiger partial charge >= 0.3 is 5.69 Å².